The van der Waals surface area contributed by atoms with Crippen molar-refractivity contribution in [2.45, 2.75) is 38.2 Å². The van der Waals surface area contributed by atoms with E-state index in [4.69, 9.17) is 9.47 Å². The maximum atomic E-state index is 10.1. The molecule has 1 saturated carbocycles. The van der Waals surface area contributed by atoms with E-state index in [9.17, 15) is 5.11 Å². The summed E-state index contributed by atoms with van der Waals surface area (Å²) < 4.78 is 10.9. The van der Waals surface area contributed by atoms with Gasteiger partial charge in [0.25, 0.3) is 0 Å². The average molecular weight is 250 g/mol. The van der Waals surface area contributed by atoms with Gasteiger partial charge in [-0.2, -0.15) is 0 Å². The van der Waals surface area contributed by atoms with Crippen LogP contribution in [0.15, 0.2) is 24.3 Å². The van der Waals surface area contributed by atoms with Crippen molar-refractivity contribution in [2.75, 3.05) is 13.7 Å². The maximum Gasteiger partial charge on any atom is 0.161 e. The quantitative estimate of drug-likeness (QED) is 0.873. The summed E-state index contributed by atoms with van der Waals surface area (Å²) in [4.78, 5) is 0. The minimum Gasteiger partial charge on any atom is -0.493 e. The summed E-state index contributed by atoms with van der Waals surface area (Å²) in [5, 5.41) is 10.1. The lowest BCUT2D eigenvalue weighted by molar-refractivity contribution is 0.0405. The Balaban J connectivity index is 1.86. The van der Waals surface area contributed by atoms with Crippen molar-refractivity contribution in [1.82, 2.24) is 0 Å². The normalized spacial score (nSPS) is 18.3. The zero-order valence-electron chi connectivity index (χ0n) is 11.0. The van der Waals surface area contributed by atoms with Crippen molar-refractivity contribution in [1.29, 1.82) is 0 Å². The smallest absolute Gasteiger partial charge is 0.161 e. The van der Waals surface area contributed by atoms with Gasteiger partial charge in [0.2, 0.25) is 0 Å². The fourth-order valence-corrected chi connectivity index (χ4v) is 2.57. The Morgan fingerprint density at radius 1 is 1.17 bits per heavy atom. The summed E-state index contributed by atoms with van der Waals surface area (Å²) in [6.45, 7) is 0.352. The first-order valence-electron chi connectivity index (χ1n) is 6.75. The van der Waals surface area contributed by atoms with Crippen LogP contribution in [0.25, 0.3) is 0 Å². The number of aliphatic hydroxyl groups excluding tert-OH is 1. The first kappa shape index (κ1) is 13.2. The molecule has 1 aromatic rings. The van der Waals surface area contributed by atoms with E-state index in [1.165, 1.54) is 19.3 Å². The van der Waals surface area contributed by atoms with Crippen LogP contribution >= 0.6 is 0 Å². The van der Waals surface area contributed by atoms with Crippen LogP contribution in [-0.4, -0.2) is 24.9 Å². The topological polar surface area (TPSA) is 38.7 Å². The van der Waals surface area contributed by atoms with Crippen molar-refractivity contribution in [2.24, 2.45) is 5.92 Å². The minimum absolute atomic E-state index is 0.352. The zero-order chi connectivity index (χ0) is 12.8. The van der Waals surface area contributed by atoms with Crippen molar-refractivity contribution in [3.05, 3.63) is 24.3 Å². The molecule has 1 N–H and O–H groups in total. The molecule has 2 rings (SSSR count). The second kappa shape index (κ2) is 6.64. The Morgan fingerprint density at radius 2 is 1.83 bits per heavy atom. The Morgan fingerprint density at radius 3 is 2.50 bits per heavy atom. The van der Waals surface area contributed by atoms with Crippen molar-refractivity contribution >= 4 is 0 Å². The molecule has 0 radical (unpaired) electrons. The number of para-hydroxylation sites is 2. The van der Waals surface area contributed by atoms with Crippen LogP contribution in [0.1, 0.15) is 32.1 Å². The first-order valence-corrected chi connectivity index (χ1v) is 6.75. The Bertz CT molecular complexity index is 359. The lowest BCUT2D eigenvalue weighted by Crippen LogP contribution is -2.28. The fourth-order valence-electron chi connectivity index (χ4n) is 2.57. The highest BCUT2D eigenvalue weighted by Crippen LogP contribution is 2.29. The highest BCUT2D eigenvalue weighted by atomic mass is 16.5. The molecule has 1 atom stereocenters. The van der Waals surface area contributed by atoms with Crippen molar-refractivity contribution in [3.63, 3.8) is 0 Å². The van der Waals surface area contributed by atoms with E-state index in [2.05, 4.69) is 0 Å². The average Bonchev–Trinajstić information content (AvgIpc) is 2.46. The SMILES string of the molecule is COc1ccccc1OCC(O)C1CCCCC1. The van der Waals surface area contributed by atoms with Crippen LogP contribution in [0, 0.1) is 5.92 Å². The number of benzene rings is 1. The van der Waals surface area contributed by atoms with E-state index in [0.29, 0.717) is 24.0 Å². The van der Waals surface area contributed by atoms with Gasteiger partial charge < -0.3 is 14.6 Å². The molecule has 100 valence electrons. The van der Waals surface area contributed by atoms with Gasteiger partial charge in [0, 0.05) is 0 Å². The molecule has 1 aromatic carbocycles. The summed E-state index contributed by atoms with van der Waals surface area (Å²) in [6, 6.07) is 7.54. The Kier molecular flexibility index (Phi) is 4.88. The number of aliphatic hydroxyl groups is 1. The molecule has 18 heavy (non-hydrogen) atoms. The second-order valence-corrected chi connectivity index (χ2v) is 4.93. The van der Waals surface area contributed by atoms with Crippen LogP contribution in [0.2, 0.25) is 0 Å². The molecule has 0 heterocycles. The van der Waals surface area contributed by atoms with Crippen LogP contribution in [-0.2, 0) is 0 Å². The largest absolute Gasteiger partial charge is 0.493 e. The number of hydrogen-bond donors (Lipinski definition) is 1. The predicted molar refractivity (Wildman–Crippen MR) is 71.1 cm³/mol. The molecular weight excluding hydrogens is 228 g/mol. The van der Waals surface area contributed by atoms with Gasteiger partial charge in [-0.25, -0.2) is 0 Å². The monoisotopic (exact) mass is 250 g/mol. The number of ether oxygens (including phenoxy) is 2. The lowest BCUT2D eigenvalue weighted by Gasteiger charge is -2.26. The van der Waals surface area contributed by atoms with E-state index in [1.54, 1.807) is 7.11 Å². The van der Waals surface area contributed by atoms with Crippen molar-refractivity contribution < 1.29 is 14.6 Å². The van der Waals surface area contributed by atoms with Gasteiger partial charge in [-0.3, -0.25) is 0 Å². The van der Waals surface area contributed by atoms with Gasteiger partial charge in [-0.15, -0.1) is 0 Å². The first-order chi connectivity index (χ1) is 8.81. The molecule has 0 aliphatic heterocycles. The van der Waals surface area contributed by atoms with E-state index >= 15 is 0 Å². The summed E-state index contributed by atoms with van der Waals surface area (Å²) in [6.07, 6.45) is 5.64. The van der Waals surface area contributed by atoms with Crippen LogP contribution in [0.4, 0.5) is 0 Å². The minimum atomic E-state index is -0.366. The van der Waals surface area contributed by atoms with E-state index in [-0.39, 0.29) is 6.10 Å². The molecule has 1 aliphatic rings. The fraction of sp³-hybridized carbons (Fsp3) is 0.600. The summed E-state index contributed by atoms with van der Waals surface area (Å²) >= 11 is 0. The molecule has 0 saturated heterocycles. The molecule has 0 bridgehead atoms. The van der Waals surface area contributed by atoms with Crippen LogP contribution in [0.5, 0.6) is 11.5 Å². The van der Waals surface area contributed by atoms with Gasteiger partial charge >= 0.3 is 0 Å². The molecule has 1 fully saturated rings. The Labute approximate surface area is 109 Å². The van der Waals surface area contributed by atoms with E-state index in [0.717, 1.165) is 12.8 Å². The van der Waals surface area contributed by atoms with Gasteiger partial charge in [0.15, 0.2) is 11.5 Å². The highest BCUT2D eigenvalue weighted by molar-refractivity contribution is 5.39. The van der Waals surface area contributed by atoms with Gasteiger partial charge in [0.05, 0.1) is 13.2 Å². The van der Waals surface area contributed by atoms with Gasteiger partial charge in [0.1, 0.15) is 6.61 Å². The zero-order valence-corrected chi connectivity index (χ0v) is 11.0. The molecular formula is C15H22O3. The highest BCUT2D eigenvalue weighted by Gasteiger charge is 2.22. The second-order valence-electron chi connectivity index (χ2n) is 4.93. The maximum absolute atomic E-state index is 10.1. The number of rotatable bonds is 5. The van der Waals surface area contributed by atoms with E-state index < -0.39 is 0 Å². The molecule has 3 nitrogen and oxygen atoms in total. The van der Waals surface area contributed by atoms with E-state index in [1.807, 2.05) is 24.3 Å². The Hall–Kier alpha value is -1.22. The summed E-state index contributed by atoms with van der Waals surface area (Å²) in [5.41, 5.74) is 0. The molecule has 1 aliphatic carbocycles. The molecule has 3 heteroatoms. The number of methoxy groups -OCH3 is 1. The number of hydrogen-bond acceptors (Lipinski definition) is 3. The van der Waals surface area contributed by atoms with Crippen molar-refractivity contribution in [3.8, 4) is 11.5 Å². The van der Waals surface area contributed by atoms with Crippen LogP contribution in [0.3, 0.4) is 0 Å². The van der Waals surface area contributed by atoms with Gasteiger partial charge in [-0.1, -0.05) is 31.4 Å². The third kappa shape index (κ3) is 3.39. The molecule has 0 aromatic heterocycles. The molecule has 0 amide bonds. The standard InChI is InChI=1S/C15H22O3/c1-17-14-9-5-6-10-15(14)18-11-13(16)12-7-3-2-4-8-12/h5-6,9-10,12-13,16H,2-4,7-8,11H2,1H3. The third-order valence-electron chi connectivity index (χ3n) is 3.67. The van der Waals surface area contributed by atoms with Crippen LogP contribution < -0.4 is 9.47 Å². The predicted octanol–water partition coefficient (Wildman–Crippen LogP) is 3.02. The van der Waals surface area contributed by atoms with Gasteiger partial charge in [-0.05, 0) is 30.9 Å². The molecule has 1 unspecified atom stereocenters. The summed E-state index contributed by atoms with van der Waals surface area (Å²) in [5.74, 6) is 1.82. The summed E-state index contributed by atoms with van der Waals surface area (Å²) in [7, 11) is 1.62. The molecule has 0 spiro atoms. The lowest BCUT2D eigenvalue weighted by atomic mass is 9.85. The third-order valence-corrected chi connectivity index (χ3v) is 3.67.